The number of carbonyl (C=O) groups excluding carboxylic acids is 1. The van der Waals surface area contributed by atoms with E-state index in [1.54, 1.807) is 0 Å². The molecule has 1 N–H and O–H groups in total. The molecule has 114 valence electrons. The van der Waals surface area contributed by atoms with Crippen LogP contribution in [0, 0.1) is 16.0 Å². The van der Waals surface area contributed by atoms with Crippen LogP contribution in [0.3, 0.4) is 0 Å². The average Bonchev–Trinajstić information content (AvgIpc) is 2.48. The zero-order valence-electron chi connectivity index (χ0n) is 11.7. The van der Waals surface area contributed by atoms with Gasteiger partial charge in [0.05, 0.1) is 10.5 Å². The number of nitrogens with one attached hydrogen (secondary N) is 1. The fourth-order valence-electron chi connectivity index (χ4n) is 2.42. The van der Waals surface area contributed by atoms with Crippen molar-refractivity contribution in [1.29, 1.82) is 0 Å². The molecule has 7 heteroatoms. The Morgan fingerprint density at radius 1 is 1.48 bits per heavy atom. The third kappa shape index (κ3) is 4.01. The van der Waals surface area contributed by atoms with E-state index in [2.05, 4.69) is 21.2 Å². The third-order valence-electron chi connectivity index (χ3n) is 3.74. The molecule has 1 unspecified atom stereocenters. The lowest BCUT2D eigenvalue weighted by atomic mass is 9.93. The molecule has 0 spiro atoms. The van der Waals surface area contributed by atoms with Gasteiger partial charge in [0.1, 0.15) is 0 Å². The fourth-order valence-corrected chi connectivity index (χ4v) is 2.85. The summed E-state index contributed by atoms with van der Waals surface area (Å²) in [5.41, 5.74) is 0.185. The van der Waals surface area contributed by atoms with Crippen LogP contribution in [-0.2, 0) is 4.74 Å². The molecule has 1 fully saturated rings. The molecule has 1 aliphatic heterocycles. The Kier molecular flexibility index (Phi) is 5.30. The zero-order chi connectivity index (χ0) is 15.4. The maximum Gasteiger partial charge on any atom is 0.270 e. The second-order valence-corrected chi connectivity index (χ2v) is 5.99. The monoisotopic (exact) mass is 356 g/mol. The number of nitro groups is 1. The fraction of sp³-hybridized carbons (Fsp3) is 0.500. The van der Waals surface area contributed by atoms with E-state index in [-0.39, 0.29) is 23.2 Å². The summed E-state index contributed by atoms with van der Waals surface area (Å²) in [6.07, 6.45) is 1.83. The van der Waals surface area contributed by atoms with Gasteiger partial charge in [0, 0.05) is 35.9 Å². The minimum Gasteiger partial charge on any atom is -0.381 e. The van der Waals surface area contributed by atoms with E-state index in [0.717, 1.165) is 12.8 Å². The Labute approximate surface area is 131 Å². The zero-order valence-corrected chi connectivity index (χ0v) is 13.3. The molecule has 0 radical (unpaired) electrons. The van der Waals surface area contributed by atoms with E-state index in [1.807, 2.05) is 6.92 Å². The first-order chi connectivity index (χ1) is 9.99. The Bertz CT molecular complexity index is 544. The molecule has 1 heterocycles. The first-order valence-electron chi connectivity index (χ1n) is 6.81. The van der Waals surface area contributed by atoms with E-state index in [4.69, 9.17) is 4.74 Å². The van der Waals surface area contributed by atoms with Crippen LogP contribution in [0.15, 0.2) is 22.7 Å². The Hall–Kier alpha value is -1.47. The highest BCUT2D eigenvalue weighted by molar-refractivity contribution is 9.10. The number of ether oxygens (including phenoxy) is 1. The maximum absolute atomic E-state index is 12.3. The second kappa shape index (κ2) is 7.00. The van der Waals surface area contributed by atoms with Gasteiger partial charge in [-0.3, -0.25) is 14.9 Å². The number of hydrogen-bond acceptors (Lipinski definition) is 4. The summed E-state index contributed by atoms with van der Waals surface area (Å²) in [6, 6.07) is 4.18. The number of amides is 1. The van der Waals surface area contributed by atoms with Crippen LogP contribution in [0.4, 0.5) is 5.69 Å². The first kappa shape index (κ1) is 15.9. The molecule has 0 bridgehead atoms. The predicted octanol–water partition coefficient (Wildman–Crippen LogP) is 2.90. The van der Waals surface area contributed by atoms with Crippen molar-refractivity contribution in [2.75, 3.05) is 13.2 Å². The van der Waals surface area contributed by atoms with Gasteiger partial charge in [0.2, 0.25) is 0 Å². The first-order valence-corrected chi connectivity index (χ1v) is 7.61. The highest BCUT2D eigenvalue weighted by Gasteiger charge is 2.23. The van der Waals surface area contributed by atoms with Crippen molar-refractivity contribution < 1.29 is 14.5 Å². The lowest BCUT2D eigenvalue weighted by Gasteiger charge is -2.28. The summed E-state index contributed by atoms with van der Waals surface area (Å²) in [7, 11) is 0. The topological polar surface area (TPSA) is 81.5 Å². The summed E-state index contributed by atoms with van der Waals surface area (Å²) >= 11 is 3.26. The highest BCUT2D eigenvalue weighted by Crippen LogP contribution is 2.24. The number of nitro benzene ring substituents is 1. The van der Waals surface area contributed by atoms with Crippen LogP contribution in [0.25, 0.3) is 0 Å². The van der Waals surface area contributed by atoms with Gasteiger partial charge in [0.25, 0.3) is 11.6 Å². The highest BCUT2D eigenvalue weighted by atomic mass is 79.9. The molecular weight excluding hydrogens is 340 g/mol. The Balaban J connectivity index is 2.08. The molecule has 21 heavy (non-hydrogen) atoms. The Morgan fingerprint density at radius 3 is 2.76 bits per heavy atom. The van der Waals surface area contributed by atoms with E-state index in [1.165, 1.54) is 18.2 Å². The summed E-state index contributed by atoms with van der Waals surface area (Å²) in [5, 5.41) is 13.7. The van der Waals surface area contributed by atoms with E-state index < -0.39 is 4.92 Å². The van der Waals surface area contributed by atoms with Gasteiger partial charge >= 0.3 is 0 Å². The summed E-state index contributed by atoms with van der Waals surface area (Å²) in [4.78, 5) is 22.6. The van der Waals surface area contributed by atoms with Crippen LogP contribution in [-0.4, -0.2) is 30.1 Å². The largest absolute Gasteiger partial charge is 0.381 e. The maximum atomic E-state index is 12.3. The van der Waals surface area contributed by atoms with Crippen LogP contribution in [0.5, 0.6) is 0 Å². The van der Waals surface area contributed by atoms with Gasteiger partial charge in [-0.1, -0.05) is 0 Å². The van der Waals surface area contributed by atoms with Crippen molar-refractivity contribution in [3.8, 4) is 0 Å². The molecule has 1 atom stereocenters. The molecule has 6 nitrogen and oxygen atoms in total. The molecular formula is C14H17BrN2O4. The van der Waals surface area contributed by atoms with E-state index in [9.17, 15) is 14.9 Å². The van der Waals surface area contributed by atoms with Crippen molar-refractivity contribution in [3.63, 3.8) is 0 Å². The van der Waals surface area contributed by atoms with Crippen LogP contribution < -0.4 is 5.32 Å². The summed E-state index contributed by atoms with van der Waals surface area (Å²) < 4.78 is 5.85. The molecule has 1 aromatic rings. The normalized spacial score (nSPS) is 17.2. The number of rotatable bonds is 4. The van der Waals surface area contributed by atoms with Crippen molar-refractivity contribution in [1.82, 2.24) is 5.32 Å². The number of non-ortho nitro benzene ring substituents is 1. The van der Waals surface area contributed by atoms with Gasteiger partial charge in [-0.2, -0.15) is 0 Å². The van der Waals surface area contributed by atoms with Gasteiger partial charge in [-0.15, -0.1) is 0 Å². The molecule has 1 amide bonds. The molecule has 0 aliphatic carbocycles. The van der Waals surface area contributed by atoms with Crippen LogP contribution in [0.2, 0.25) is 0 Å². The van der Waals surface area contributed by atoms with Crippen LogP contribution >= 0.6 is 15.9 Å². The Morgan fingerprint density at radius 2 is 2.14 bits per heavy atom. The third-order valence-corrected chi connectivity index (χ3v) is 4.43. The quantitative estimate of drug-likeness (QED) is 0.664. The summed E-state index contributed by atoms with van der Waals surface area (Å²) in [5.74, 6) is 0.0738. The molecule has 0 aromatic heterocycles. The molecule has 0 saturated carbocycles. The van der Waals surface area contributed by atoms with Crippen molar-refractivity contribution in [3.05, 3.63) is 38.3 Å². The lowest BCUT2D eigenvalue weighted by Crippen LogP contribution is -2.40. The van der Waals surface area contributed by atoms with E-state index >= 15 is 0 Å². The molecule has 1 aromatic carbocycles. The van der Waals surface area contributed by atoms with Crippen molar-refractivity contribution in [2.45, 2.75) is 25.8 Å². The molecule has 1 aliphatic rings. The average molecular weight is 357 g/mol. The van der Waals surface area contributed by atoms with Gasteiger partial charge < -0.3 is 10.1 Å². The predicted molar refractivity (Wildman–Crippen MR) is 81.3 cm³/mol. The SMILES string of the molecule is CC(NC(=O)c1cc([N+](=O)[O-])ccc1Br)C1CCOCC1. The number of halogens is 1. The minimum atomic E-state index is -0.509. The minimum absolute atomic E-state index is 0.00700. The van der Waals surface area contributed by atoms with Gasteiger partial charge in [-0.25, -0.2) is 0 Å². The lowest BCUT2D eigenvalue weighted by molar-refractivity contribution is -0.384. The summed E-state index contributed by atoms with van der Waals surface area (Å²) in [6.45, 7) is 3.38. The molecule has 2 rings (SSSR count). The van der Waals surface area contributed by atoms with E-state index in [0.29, 0.717) is 23.6 Å². The number of carbonyl (C=O) groups is 1. The second-order valence-electron chi connectivity index (χ2n) is 5.13. The van der Waals surface area contributed by atoms with Crippen LogP contribution in [0.1, 0.15) is 30.1 Å². The number of nitrogens with zero attached hydrogens (tertiary/aromatic N) is 1. The van der Waals surface area contributed by atoms with Gasteiger partial charge in [-0.05, 0) is 47.7 Å². The van der Waals surface area contributed by atoms with Crippen molar-refractivity contribution >= 4 is 27.5 Å². The van der Waals surface area contributed by atoms with Gasteiger partial charge in [0.15, 0.2) is 0 Å². The molecule has 1 saturated heterocycles. The number of benzene rings is 1. The standard InChI is InChI=1S/C14H17BrN2O4/c1-9(10-4-6-21-7-5-10)16-14(18)12-8-11(17(19)20)2-3-13(12)15/h2-3,8-10H,4-7H2,1H3,(H,16,18). The smallest absolute Gasteiger partial charge is 0.270 e. The number of hydrogen-bond donors (Lipinski definition) is 1. The van der Waals surface area contributed by atoms with Crippen molar-refractivity contribution in [2.24, 2.45) is 5.92 Å².